The molecule has 0 aliphatic carbocycles. The van der Waals surface area contributed by atoms with Crippen molar-refractivity contribution in [2.24, 2.45) is 0 Å². The molecule has 2 heterocycles. The zero-order chi connectivity index (χ0) is 11.8. The molecule has 0 fully saturated rings. The van der Waals surface area contributed by atoms with E-state index in [9.17, 15) is 0 Å². The fourth-order valence-electron chi connectivity index (χ4n) is 1.80. The van der Waals surface area contributed by atoms with E-state index in [1.54, 1.807) is 12.4 Å². The first-order valence-corrected chi connectivity index (χ1v) is 5.27. The molecule has 0 radical (unpaired) electrons. The maximum absolute atomic E-state index is 5.97. The number of nitrogen functional groups attached to an aromatic ring is 1. The Morgan fingerprint density at radius 1 is 1.24 bits per heavy atom. The van der Waals surface area contributed by atoms with Crippen LogP contribution in [0.2, 0.25) is 0 Å². The lowest BCUT2D eigenvalue weighted by Gasteiger charge is -2.04. The van der Waals surface area contributed by atoms with E-state index in [2.05, 4.69) is 15.2 Å². The predicted molar refractivity (Wildman–Crippen MR) is 65.4 cm³/mol. The van der Waals surface area contributed by atoms with Gasteiger partial charge in [0.25, 0.3) is 0 Å². The molecule has 0 amide bonds. The van der Waals surface area contributed by atoms with Gasteiger partial charge in [0.05, 0.1) is 6.20 Å². The third-order valence-corrected chi connectivity index (χ3v) is 2.66. The molecule has 2 aromatic heterocycles. The second-order valence-electron chi connectivity index (χ2n) is 3.92. The fourth-order valence-corrected chi connectivity index (χ4v) is 1.80. The number of aryl methyl sites for hydroxylation is 1. The number of hydrogen-bond acceptors (Lipinski definition) is 4. The molecule has 5 nitrogen and oxygen atoms in total. The summed E-state index contributed by atoms with van der Waals surface area (Å²) in [6.07, 6.45) is 5.20. The Balaban J connectivity index is 2.31. The van der Waals surface area contributed by atoms with E-state index in [0.29, 0.717) is 11.3 Å². The smallest absolute Gasteiger partial charge is 0.179 e. The monoisotopic (exact) mass is 225 g/mol. The first kappa shape index (κ1) is 9.77. The molecule has 0 atom stereocenters. The summed E-state index contributed by atoms with van der Waals surface area (Å²) in [7, 11) is 0. The number of hydrogen-bond donors (Lipinski definition) is 1. The summed E-state index contributed by atoms with van der Waals surface area (Å²) in [5.41, 5.74) is 9.41. The minimum absolute atomic E-state index is 0.696. The Morgan fingerprint density at radius 2 is 2.12 bits per heavy atom. The Kier molecular flexibility index (Phi) is 2.04. The summed E-state index contributed by atoms with van der Waals surface area (Å²) in [6, 6.07) is 5.86. The molecular weight excluding hydrogens is 214 g/mol. The quantitative estimate of drug-likeness (QED) is 0.640. The van der Waals surface area contributed by atoms with E-state index in [-0.39, 0.29) is 0 Å². The van der Waals surface area contributed by atoms with E-state index in [4.69, 9.17) is 5.73 Å². The summed E-state index contributed by atoms with van der Waals surface area (Å²) in [5, 5.41) is 8.22. The maximum Gasteiger partial charge on any atom is 0.179 e. The lowest BCUT2D eigenvalue weighted by Crippen LogP contribution is -1.95. The molecule has 3 rings (SSSR count). The van der Waals surface area contributed by atoms with E-state index in [1.807, 2.05) is 35.7 Å². The van der Waals surface area contributed by atoms with Gasteiger partial charge in [-0.25, -0.2) is 0 Å². The van der Waals surface area contributed by atoms with Gasteiger partial charge in [0, 0.05) is 23.6 Å². The van der Waals surface area contributed by atoms with Crippen molar-refractivity contribution in [3.63, 3.8) is 0 Å². The Hall–Kier alpha value is -2.43. The van der Waals surface area contributed by atoms with Crippen LogP contribution >= 0.6 is 0 Å². The van der Waals surface area contributed by atoms with E-state index < -0.39 is 0 Å². The number of anilines is 1. The van der Waals surface area contributed by atoms with Crippen LogP contribution < -0.4 is 5.73 Å². The number of benzene rings is 1. The van der Waals surface area contributed by atoms with Crippen LogP contribution in [0.5, 0.6) is 0 Å². The van der Waals surface area contributed by atoms with Gasteiger partial charge < -0.3 is 5.73 Å². The lowest BCUT2D eigenvalue weighted by atomic mass is 10.1. The van der Waals surface area contributed by atoms with Crippen molar-refractivity contribution in [1.29, 1.82) is 0 Å². The lowest BCUT2D eigenvalue weighted by molar-refractivity contribution is 1.11. The highest BCUT2D eigenvalue weighted by Gasteiger charge is 2.10. The van der Waals surface area contributed by atoms with Gasteiger partial charge in [-0.3, -0.25) is 9.38 Å². The molecule has 0 bridgehead atoms. The Morgan fingerprint density at radius 3 is 3.00 bits per heavy atom. The first-order valence-electron chi connectivity index (χ1n) is 5.27. The molecule has 0 saturated heterocycles. The molecule has 17 heavy (non-hydrogen) atoms. The minimum atomic E-state index is 0.696. The highest BCUT2D eigenvalue weighted by atomic mass is 15.2. The van der Waals surface area contributed by atoms with E-state index >= 15 is 0 Å². The van der Waals surface area contributed by atoms with Gasteiger partial charge in [-0.05, 0) is 19.1 Å². The third-order valence-electron chi connectivity index (χ3n) is 2.66. The molecule has 5 heteroatoms. The van der Waals surface area contributed by atoms with Crippen molar-refractivity contribution >= 4 is 11.3 Å². The zero-order valence-corrected chi connectivity index (χ0v) is 9.33. The zero-order valence-electron chi connectivity index (χ0n) is 9.33. The molecule has 0 saturated carbocycles. The molecule has 84 valence electrons. The van der Waals surface area contributed by atoms with Crippen LogP contribution in [-0.2, 0) is 0 Å². The number of nitrogens with two attached hydrogens (primary N) is 1. The highest BCUT2D eigenvalue weighted by Crippen LogP contribution is 2.25. The summed E-state index contributed by atoms with van der Waals surface area (Å²) in [6.45, 7) is 2.02. The molecule has 2 N–H and O–H groups in total. The Labute approximate surface area is 97.9 Å². The third kappa shape index (κ3) is 1.52. The summed E-state index contributed by atoms with van der Waals surface area (Å²) in [4.78, 5) is 4.01. The molecule has 1 aromatic carbocycles. The predicted octanol–water partition coefficient (Wildman–Crippen LogP) is 1.68. The van der Waals surface area contributed by atoms with Gasteiger partial charge in [-0.1, -0.05) is 11.6 Å². The average Bonchev–Trinajstić information content (AvgIpc) is 2.76. The van der Waals surface area contributed by atoms with Crippen LogP contribution in [0, 0.1) is 6.92 Å². The summed E-state index contributed by atoms with van der Waals surface area (Å²) < 4.78 is 1.87. The van der Waals surface area contributed by atoms with E-state index in [0.717, 1.165) is 17.0 Å². The van der Waals surface area contributed by atoms with Crippen molar-refractivity contribution in [3.05, 3.63) is 42.4 Å². The van der Waals surface area contributed by atoms with Gasteiger partial charge in [-0.15, -0.1) is 10.2 Å². The maximum atomic E-state index is 5.97. The summed E-state index contributed by atoms with van der Waals surface area (Å²) in [5.74, 6) is 0.739. The molecule has 3 aromatic rings. The van der Waals surface area contributed by atoms with Crippen molar-refractivity contribution < 1.29 is 0 Å². The fraction of sp³-hybridized carbons (Fsp3) is 0.0833. The molecule has 0 spiro atoms. The second-order valence-corrected chi connectivity index (χ2v) is 3.92. The van der Waals surface area contributed by atoms with Gasteiger partial charge >= 0.3 is 0 Å². The van der Waals surface area contributed by atoms with Crippen molar-refractivity contribution in [2.75, 3.05) is 5.73 Å². The molecular formula is C12H11N5. The van der Waals surface area contributed by atoms with Crippen LogP contribution in [-0.4, -0.2) is 19.6 Å². The highest BCUT2D eigenvalue weighted by molar-refractivity contribution is 5.73. The summed E-state index contributed by atoms with van der Waals surface area (Å²) >= 11 is 0. The second kappa shape index (κ2) is 3.55. The molecule has 0 aliphatic heterocycles. The number of aromatic nitrogens is 4. The molecule has 0 aliphatic rings. The largest absolute Gasteiger partial charge is 0.398 e. The van der Waals surface area contributed by atoms with Crippen molar-refractivity contribution in [2.45, 2.75) is 6.92 Å². The van der Waals surface area contributed by atoms with Crippen LogP contribution in [0.25, 0.3) is 17.0 Å². The van der Waals surface area contributed by atoms with Gasteiger partial charge in [0.2, 0.25) is 0 Å². The average molecular weight is 225 g/mol. The molecule has 0 unspecified atom stereocenters. The Bertz CT molecular complexity index is 686. The number of fused-ring (bicyclic) bond motifs is 1. The SMILES string of the molecule is Cc1ccc(N)c(-c2nnc3cnccn23)c1. The van der Waals surface area contributed by atoms with Crippen LogP contribution in [0.15, 0.2) is 36.8 Å². The van der Waals surface area contributed by atoms with Crippen molar-refractivity contribution in [1.82, 2.24) is 19.6 Å². The van der Waals surface area contributed by atoms with E-state index in [1.165, 1.54) is 0 Å². The number of nitrogens with zero attached hydrogens (tertiary/aromatic N) is 4. The van der Waals surface area contributed by atoms with Crippen molar-refractivity contribution in [3.8, 4) is 11.4 Å². The van der Waals surface area contributed by atoms with Gasteiger partial charge in [0.1, 0.15) is 0 Å². The van der Waals surface area contributed by atoms with Crippen LogP contribution in [0.4, 0.5) is 5.69 Å². The first-order chi connectivity index (χ1) is 8.25. The topological polar surface area (TPSA) is 69.1 Å². The minimum Gasteiger partial charge on any atom is -0.398 e. The standard InChI is InChI=1S/C12H11N5/c1-8-2-3-10(13)9(6-8)12-16-15-11-7-14-4-5-17(11)12/h2-7H,13H2,1H3. The normalized spacial score (nSPS) is 10.9. The van der Waals surface area contributed by atoms with Crippen LogP contribution in [0.3, 0.4) is 0 Å². The van der Waals surface area contributed by atoms with Crippen LogP contribution in [0.1, 0.15) is 5.56 Å². The number of rotatable bonds is 1. The van der Waals surface area contributed by atoms with Gasteiger partial charge in [-0.2, -0.15) is 0 Å². The van der Waals surface area contributed by atoms with Gasteiger partial charge in [0.15, 0.2) is 11.5 Å².